The van der Waals surface area contributed by atoms with Crippen LogP contribution in [0.3, 0.4) is 0 Å². The molecular weight excluding hydrogens is 266 g/mol. The van der Waals surface area contributed by atoms with E-state index in [1.807, 2.05) is 19.1 Å². The van der Waals surface area contributed by atoms with Gasteiger partial charge in [-0.3, -0.25) is 4.79 Å². The van der Waals surface area contributed by atoms with E-state index in [2.05, 4.69) is 27.8 Å². The highest BCUT2D eigenvalue weighted by Crippen LogP contribution is 2.10. The van der Waals surface area contributed by atoms with Crippen LogP contribution in [0.1, 0.15) is 49.9 Å². The van der Waals surface area contributed by atoms with Gasteiger partial charge in [0, 0.05) is 11.6 Å². The lowest BCUT2D eigenvalue weighted by Gasteiger charge is -2.14. The van der Waals surface area contributed by atoms with Gasteiger partial charge in [-0.25, -0.2) is 4.68 Å². The molecule has 0 unspecified atom stereocenters. The number of benzene rings is 1. The number of amides is 1. The van der Waals surface area contributed by atoms with Gasteiger partial charge < -0.3 is 5.32 Å². The molecule has 0 saturated heterocycles. The number of unbranched alkanes of at least 4 members (excludes halogenated alkanes) is 2. The summed E-state index contributed by atoms with van der Waals surface area (Å²) in [4.78, 5) is 12.2. The summed E-state index contributed by atoms with van der Waals surface area (Å²) in [5.41, 5.74) is 1.39. The van der Waals surface area contributed by atoms with E-state index in [4.69, 9.17) is 0 Å². The number of carbonyl (C=O) groups is 1. The van der Waals surface area contributed by atoms with Gasteiger partial charge in [-0.15, -0.1) is 5.10 Å². The first-order valence-corrected chi connectivity index (χ1v) is 7.35. The van der Waals surface area contributed by atoms with E-state index in [-0.39, 0.29) is 11.9 Å². The second-order valence-corrected chi connectivity index (χ2v) is 5.18. The molecule has 2 aromatic rings. The van der Waals surface area contributed by atoms with Crippen molar-refractivity contribution in [3.8, 4) is 5.69 Å². The predicted octanol–water partition coefficient (Wildman–Crippen LogP) is 2.36. The lowest BCUT2D eigenvalue weighted by molar-refractivity contribution is 0.0938. The molecular formula is C15H21N5O. The van der Waals surface area contributed by atoms with Crippen LogP contribution in [0.25, 0.3) is 5.69 Å². The molecule has 1 aromatic heterocycles. The number of carbonyl (C=O) groups excluding carboxylic acids is 1. The molecule has 0 bridgehead atoms. The molecule has 6 nitrogen and oxygen atoms in total. The average Bonchev–Trinajstić information content (AvgIpc) is 3.02. The molecule has 0 aliphatic heterocycles. The summed E-state index contributed by atoms with van der Waals surface area (Å²) >= 11 is 0. The Kier molecular flexibility index (Phi) is 5.43. The van der Waals surface area contributed by atoms with Crippen molar-refractivity contribution in [2.45, 2.75) is 45.6 Å². The van der Waals surface area contributed by atoms with Crippen LogP contribution in [0.5, 0.6) is 0 Å². The monoisotopic (exact) mass is 287 g/mol. The molecule has 1 amide bonds. The standard InChI is InChI=1S/C15H21N5O/c1-3-4-5-7-12(2)17-15(21)13-8-6-9-14(10-13)20-11-16-18-19-20/h6,8-12H,3-5,7H2,1-2H3,(H,17,21)/t12-/m1/s1. The SMILES string of the molecule is CCCCC[C@@H](C)NC(=O)c1cccc(-n2cnnn2)c1. The molecule has 1 atom stereocenters. The minimum atomic E-state index is -0.0612. The van der Waals surface area contributed by atoms with Crippen LogP contribution in [0.2, 0.25) is 0 Å². The quantitative estimate of drug-likeness (QED) is 0.793. The topological polar surface area (TPSA) is 72.7 Å². The number of hydrogen-bond donors (Lipinski definition) is 1. The van der Waals surface area contributed by atoms with E-state index >= 15 is 0 Å². The van der Waals surface area contributed by atoms with E-state index in [1.54, 1.807) is 12.1 Å². The first kappa shape index (κ1) is 15.2. The second-order valence-electron chi connectivity index (χ2n) is 5.18. The summed E-state index contributed by atoms with van der Waals surface area (Å²) < 4.78 is 1.53. The number of nitrogens with zero attached hydrogens (tertiary/aromatic N) is 4. The van der Waals surface area contributed by atoms with Gasteiger partial charge in [-0.2, -0.15) is 0 Å². The molecule has 21 heavy (non-hydrogen) atoms. The maximum atomic E-state index is 12.2. The molecule has 0 aliphatic rings. The third-order valence-electron chi connectivity index (χ3n) is 3.34. The third kappa shape index (κ3) is 4.37. The normalized spacial score (nSPS) is 12.1. The lowest BCUT2D eigenvalue weighted by Crippen LogP contribution is -2.32. The highest BCUT2D eigenvalue weighted by Gasteiger charge is 2.10. The van der Waals surface area contributed by atoms with E-state index in [0.29, 0.717) is 5.56 Å². The largest absolute Gasteiger partial charge is 0.350 e. The Morgan fingerprint density at radius 1 is 1.38 bits per heavy atom. The fraction of sp³-hybridized carbons (Fsp3) is 0.467. The van der Waals surface area contributed by atoms with E-state index in [1.165, 1.54) is 23.9 Å². The van der Waals surface area contributed by atoms with Crippen molar-refractivity contribution in [2.24, 2.45) is 0 Å². The van der Waals surface area contributed by atoms with Crippen LogP contribution in [-0.2, 0) is 0 Å². The van der Waals surface area contributed by atoms with Crippen molar-refractivity contribution in [1.29, 1.82) is 0 Å². The van der Waals surface area contributed by atoms with Crippen LogP contribution < -0.4 is 5.32 Å². The predicted molar refractivity (Wildman–Crippen MR) is 80.2 cm³/mol. The van der Waals surface area contributed by atoms with Crippen molar-refractivity contribution in [3.05, 3.63) is 36.2 Å². The van der Waals surface area contributed by atoms with Gasteiger partial charge in [0.1, 0.15) is 6.33 Å². The Morgan fingerprint density at radius 2 is 2.24 bits per heavy atom. The Balaban J connectivity index is 1.98. The fourth-order valence-corrected chi connectivity index (χ4v) is 2.15. The van der Waals surface area contributed by atoms with Gasteiger partial charge in [-0.05, 0) is 42.0 Å². The van der Waals surface area contributed by atoms with Gasteiger partial charge in [0.2, 0.25) is 0 Å². The summed E-state index contributed by atoms with van der Waals surface area (Å²) in [6.07, 6.45) is 6.04. The summed E-state index contributed by atoms with van der Waals surface area (Å²) in [5, 5.41) is 14.0. The molecule has 0 fully saturated rings. The Morgan fingerprint density at radius 3 is 2.95 bits per heavy atom. The smallest absolute Gasteiger partial charge is 0.251 e. The summed E-state index contributed by atoms with van der Waals surface area (Å²) in [6, 6.07) is 7.44. The number of hydrogen-bond acceptors (Lipinski definition) is 4. The van der Waals surface area contributed by atoms with Crippen molar-refractivity contribution in [3.63, 3.8) is 0 Å². The maximum absolute atomic E-state index is 12.2. The lowest BCUT2D eigenvalue weighted by atomic mass is 10.1. The van der Waals surface area contributed by atoms with Gasteiger partial charge in [-0.1, -0.05) is 32.3 Å². The van der Waals surface area contributed by atoms with E-state index in [0.717, 1.165) is 18.5 Å². The van der Waals surface area contributed by atoms with Crippen molar-refractivity contribution < 1.29 is 4.79 Å². The minimum Gasteiger partial charge on any atom is -0.350 e. The second kappa shape index (κ2) is 7.52. The molecule has 1 aromatic carbocycles. The van der Waals surface area contributed by atoms with E-state index < -0.39 is 0 Å². The van der Waals surface area contributed by atoms with Gasteiger partial charge in [0.15, 0.2) is 0 Å². The van der Waals surface area contributed by atoms with Gasteiger partial charge in [0.25, 0.3) is 5.91 Å². The average molecular weight is 287 g/mol. The Labute approximate surface area is 124 Å². The van der Waals surface area contributed by atoms with E-state index in [9.17, 15) is 4.79 Å². The molecule has 6 heteroatoms. The zero-order valence-electron chi connectivity index (χ0n) is 12.5. The number of nitrogens with one attached hydrogen (secondary N) is 1. The summed E-state index contributed by atoms with van der Waals surface area (Å²) in [6.45, 7) is 4.21. The summed E-state index contributed by atoms with van der Waals surface area (Å²) in [7, 11) is 0. The molecule has 112 valence electrons. The maximum Gasteiger partial charge on any atom is 0.251 e. The Hall–Kier alpha value is -2.24. The summed E-state index contributed by atoms with van der Waals surface area (Å²) in [5.74, 6) is -0.0612. The Bertz CT molecular complexity index is 567. The zero-order valence-corrected chi connectivity index (χ0v) is 12.5. The zero-order chi connectivity index (χ0) is 15.1. The van der Waals surface area contributed by atoms with Crippen molar-refractivity contribution >= 4 is 5.91 Å². The number of tetrazole rings is 1. The molecule has 0 aliphatic carbocycles. The highest BCUT2D eigenvalue weighted by atomic mass is 16.1. The molecule has 0 saturated carbocycles. The fourth-order valence-electron chi connectivity index (χ4n) is 2.15. The molecule has 1 heterocycles. The molecule has 1 N–H and O–H groups in total. The van der Waals surface area contributed by atoms with Gasteiger partial charge >= 0.3 is 0 Å². The minimum absolute atomic E-state index is 0.0612. The van der Waals surface area contributed by atoms with Crippen LogP contribution in [0.4, 0.5) is 0 Å². The van der Waals surface area contributed by atoms with Crippen LogP contribution >= 0.6 is 0 Å². The third-order valence-corrected chi connectivity index (χ3v) is 3.34. The number of rotatable bonds is 7. The van der Waals surface area contributed by atoms with Crippen molar-refractivity contribution in [1.82, 2.24) is 25.5 Å². The van der Waals surface area contributed by atoms with Crippen LogP contribution in [0.15, 0.2) is 30.6 Å². The van der Waals surface area contributed by atoms with Crippen molar-refractivity contribution in [2.75, 3.05) is 0 Å². The first-order valence-electron chi connectivity index (χ1n) is 7.35. The first-order chi connectivity index (χ1) is 10.2. The van der Waals surface area contributed by atoms with Crippen LogP contribution in [-0.4, -0.2) is 32.2 Å². The molecule has 2 rings (SSSR count). The van der Waals surface area contributed by atoms with Crippen LogP contribution in [0, 0.1) is 0 Å². The highest BCUT2D eigenvalue weighted by molar-refractivity contribution is 5.94. The molecule has 0 radical (unpaired) electrons. The van der Waals surface area contributed by atoms with Gasteiger partial charge in [0.05, 0.1) is 5.69 Å². The number of aromatic nitrogens is 4. The molecule has 0 spiro atoms.